The lowest BCUT2D eigenvalue weighted by atomic mass is 9.95. The van der Waals surface area contributed by atoms with E-state index in [-0.39, 0.29) is 0 Å². The maximum absolute atomic E-state index is 5.91. The molecule has 0 aliphatic carbocycles. The molecule has 0 atom stereocenters. The van der Waals surface area contributed by atoms with Crippen molar-refractivity contribution in [2.45, 2.75) is 56.6 Å². The predicted octanol–water partition coefficient (Wildman–Crippen LogP) is 3.11. The summed E-state index contributed by atoms with van der Waals surface area (Å²) in [6.07, 6.45) is 11.7. The normalized spacial score (nSPS) is 20.6. The Balaban J connectivity index is 2.10. The molecule has 0 unspecified atom stereocenters. The van der Waals surface area contributed by atoms with Gasteiger partial charge in [0.1, 0.15) is 0 Å². The van der Waals surface area contributed by atoms with E-state index in [0.717, 1.165) is 6.54 Å². The van der Waals surface area contributed by atoms with Crippen LogP contribution in [-0.2, 0) is 0 Å². The molecular formula is C14H30N2S. The molecule has 0 radical (unpaired) electrons. The minimum absolute atomic E-state index is 0.388. The Morgan fingerprint density at radius 2 is 1.76 bits per heavy atom. The molecule has 2 nitrogen and oxygen atoms in total. The minimum atomic E-state index is 0.388. The molecule has 1 heterocycles. The Morgan fingerprint density at radius 1 is 1.12 bits per heavy atom. The molecule has 2 N–H and O–H groups in total. The number of hydrogen-bond donors (Lipinski definition) is 1. The molecule has 0 spiro atoms. The lowest BCUT2D eigenvalue weighted by Gasteiger charge is -2.40. The summed E-state index contributed by atoms with van der Waals surface area (Å²) in [5.74, 6) is 0. The van der Waals surface area contributed by atoms with E-state index in [0.29, 0.717) is 4.75 Å². The van der Waals surface area contributed by atoms with Gasteiger partial charge in [-0.05, 0) is 45.2 Å². The minimum Gasteiger partial charge on any atom is -0.329 e. The lowest BCUT2D eigenvalue weighted by molar-refractivity contribution is 0.198. The van der Waals surface area contributed by atoms with Gasteiger partial charge in [-0.3, -0.25) is 0 Å². The first-order valence-corrected chi connectivity index (χ1v) is 8.46. The van der Waals surface area contributed by atoms with Crippen molar-refractivity contribution in [2.24, 2.45) is 5.73 Å². The van der Waals surface area contributed by atoms with E-state index in [4.69, 9.17) is 5.73 Å². The Morgan fingerprint density at radius 3 is 2.29 bits per heavy atom. The number of rotatable bonds is 8. The molecule has 0 saturated carbocycles. The van der Waals surface area contributed by atoms with Gasteiger partial charge in [-0.25, -0.2) is 0 Å². The third kappa shape index (κ3) is 5.19. The third-order valence-electron chi connectivity index (χ3n) is 4.15. The maximum Gasteiger partial charge on any atom is 0.0303 e. The average Bonchev–Trinajstić information content (AvgIpc) is 2.39. The monoisotopic (exact) mass is 258 g/mol. The first kappa shape index (κ1) is 15.3. The fourth-order valence-electron chi connectivity index (χ4n) is 2.61. The van der Waals surface area contributed by atoms with E-state index in [1.54, 1.807) is 0 Å². The zero-order chi connectivity index (χ0) is 12.6. The molecule has 0 amide bonds. The summed E-state index contributed by atoms with van der Waals surface area (Å²) >= 11 is 1.98. The van der Waals surface area contributed by atoms with Crippen LogP contribution >= 0.6 is 11.8 Å². The van der Waals surface area contributed by atoms with E-state index < -0.39 is 0 Å². The van der Waals surface area contributed by atoms with Crippen LogP contribution in [0.15, 0.2) is 0 Å². The molecule has 102 valence electrons. The van der Waals surface area contributed by atoms with Crippen LogP contribution < -0.4 is 5.73 Å². The van der Waals surface area contributed by atoms with Gasteiger partial charge in [-0.15, -0.1) is 0 Å². The number of piperidine rings is 1. The summed E-state index contributed by atoms with van der Waals surface area (Å²) < 4.78 is 0.388. The SMILES string of the molecule is CCCCCCCN1CCC(CN)(SC)CC1. The van der Waals surface area contributed by atoms with E-state index in [1.165, 1.54) is 64.6 Å². The fourth-order valence-corrected chi connectivity index (χ4v) is 3.37. The molecule has 1 aliphatic rings. The van der Waals surface area contributed by atoms with E-state index >= 15 is 0 Å². The van der Waals surface area contributed by atoms with Crippen molar-refractivity contribution in [1.29, 1.82) is 0 Å². The summed E-state index contributed by atoms with van der Waals surface area (Å²) in [7, 11) is 0. The largest absolute Gasteiger partial charge is 0.329 e. The number of likely N-dealkylation sites (tertiary alicyclic amines) is 1. The highest BCUT2D eigenvalue weighted by molar-refractivity contribution is 8.00. The van der Waals surface area contributed by atoms with Crippen LogP contribution in [-0.4, -0.2) is 42.1 Å². The lowest BCUT2D eigenvalue weighted by Crippen LogP contribution is -2.46. The van der Waals surface area contributed by atoms with Crippen LogP contribution in [0.4, 0.5) is 0 Å². The number of thioether (sulfide) groups is 1. The van der Waals surface area contributed by atoms with Gasteiger partial charge in [-0.1, -0.05) is 32.6 Å². The molecule has 1 fully saturated rings. The Kier molecular flexibility index (Phi) is 7.56. The zero-order valence-electron chi connectivity index (χ0n) is 11.7. The number of unbranched alkanes of at least 4 members (excludes halogenated alkanes) is 4. The number of hydrogen-bond acceptors (Lipinski definition) is 3. The molecule has 3 heteroatoms. The summed E-state index contributed by atoms with van der Waals surface area (Å²) in [4.78, 5) is 2.63. The van der Waals surface area contributed by atoms with Gasteiger partial charge >= 0.3 is 0 Å². The second-order valence-electron chi connectivity index (χ2n) is 5.35. The van der Waals surface area contributed by atoms with Gasteiger partial charge in [0, 0.05) is 11.3 Å². The standard InChI is InChI=1S/C14H30N2S/c1-3-4-5-6-7-10-16-11-8-14(13-15,17-2)9-12-16/h3-13,15H2,1-2H3. The molecule has 1 rings (SSSR count). The Labute approximate surface area is 112 Å². The molecule has 1 saturated heterocycles. The van der Waals surface area contributed by atoms with Crippen LogP contribution in [0.3, 0.4) is 0 Å². The van der Waals surface area contributed by atoms with Gasteiger partial charge in [0.05, 0.1) is 0 Å². The predicted molar refractivity (Wildman–Crippen MR) is 79.7 cm³/mol. The highest BCUT2D eigenvalue weighted by Crippen LogP contribution is 2.33. The Bertz CT molecular complexity index is 183. The molecular weight excluding hydrogens is 228 g/mol. The van der Waals surface area contributed by atoms with Crippen molar-refractivity contribution in [3.8, 4) is 0 Å². The van der Waals surface area contributed by atoms with Crippen LogP contribution in [0, 0.1) is 0 Å². The van der Waals surface area contributed by atoms with E-state index in [1.807, 2.05) is 11.8 Å². The highest BCUT2D eigenvalue weighted by atomic mass is 32.2. The van der Waals surface area contributed by atoms with Crippen LogP contribution in [0.1, 0.15) is 51.9 Å². The second kappa shape index (κ2) is 8.39. The van der Waals surface area contributed by atoms with Crippen molar-refractivity contribution in [3.63, 3.8) is 0 Å². The summed E-state index contributed by atoms with van der Waals surface area (Å²) in [6.45, 7) is 6.94. The average molecular weight is 258 g/mol. The first-order chi connectivity index (χ1) is 8.26. The summed E-state index contributed by atoms with van der Waals surface area (Å²) in [5, 5.41) is 0. The van der Waals surface area contributed by atoms with Gasteiger partial charge in [-0.2, -0.15) is 11.8 Å². The Hall–Kier alpha value is 0.270. The first-order valence-electron chi connectivity index (χ1n) is 7.24. The summed E-state index contributed by atoms with van der Waals surface area (Å²) in [6, 6.07) is 0. The maximum atomic E-state index is 5.91. The molecule has 1 aliphatic heterocycles. The quantitative estimate of drug-likeness (QED) is 0.678. The molecule has 0 aromatic heterocycles. The van der Waals surface area contributed by atoms with E-state index in [2.05, 4.69) is 18.1 Å². The van der Waals surface area contributed by atoms with Crippen LogP contribution in [0.5, 0.6) is 0 Å². The number of nitrogens with zero attached hydrogens (tertiary/aromatic N) is 1. The van der Waals surface area contributed by atoms with Crippen LogP contribution in [0.25, 0.3) is 0 Å². The highest BCUT2D eigenvalue weighted by Gasteiger charge is 2.32. The van der Waals surface area contributed by atoms with Crippen molar-refractivity contribution < 1.29 is 0 Å². The molecule has 0 bridgehead atoms. The van der Waals surface area contributed by atoms with Gasteiger partial charge in [0.2, 0.25) is 0 Å². The van der Waals surface area contributed by atoms with Gasteiger partial charge < -0.3 is 10.6 Å². The molecule has 0 aromatic carbocycles. The topological polar surface area (TPSA) is 29.3 Å². The second-order valence-corrected chi connectivity index (χ2v) is 6.62. The van der Waals surface area contributed by atoms with Crippen LogP contribution in [0.2, 0.25) is 0 Å². The van der Waals surface area contributed by atoms with Crippen molar-refractivity contribution in [3.05, 3.63) is 0 Å². The van der Waals surface area contributed by atoms with Crippen molar-refractivity contribution in [2.75, 3.05) is 32.4 Å². The molecule has 0 aromatic rings. The van der Waals surface area contributed by atoms with E-state index in [9.17, 15) is 0 Å². The number of nitrogens with two attached hydrogens (primary N) is 1. The zero-order valence-corrected chi connectivity index (χ0v) is 12.5. The van der Waals surface area contributed by atoms with Gasteiger partial charge in [0.25, 0.3) is 0 Å². The third-order valence-corrected chi connectivity index (χ3v) is 5.59. The van der Waals surface area contributed by atoms with Crippen molar-refractivity contribution >= 4 is 11.8 Å². The summed E-state index contributed by atoms with van der Waals surface area (Å²) in [5.41, 5.74) is 5.91. The smallest absolute Gasteiger partial charge is 0.0303 e. The molecule has 17 heavy (non-hydrogen) atoms. The van der Waals surface area contributed by atoms with Gasteiger partial charge in [0.15, 0.2) is 0 Å². The fraction of sp³-hybridized carbons (Fsp3) is 1.00. The van der Waals surface area contributed by atoms with Crippen molar-refractivity contribution in [1.82, 2.24) is 4.90 Å².